The summed E-state index contributed by atoms with van der Waals surface area (Å²) in [5, 5.41) is 2.91. The summed E-state index contributed by atoms with van der Waals surface area (Å²) in [6.45, 7) is 1.96. The number of amides is 1. The number of rotatable bonds is 6. The second-order valence-corrected chi connectivity index (χ2v) is 4.64. The van der Waals surface area contributed by atoms with Crippen LogP contribution in [0.1, 0.15) is 23.1 Å². The molecule has 6 nitrogen and oxygen atoms in total. The van der Waals surface area contributed by atoms with Crippen LogP contribution in [-0.2, 0) is 11.4 Å². The first-order valence-corrected chi connectivity index (χ1v) is 7.06. The molecular weight excluding hydrogens is 318 g/mol. The zero-order valence-corrected chi connectivity index (χ0v) is 13.4. The Labute approximate surface area is 139 Å². The van der Waals surface area contributed by atoms with Crippen LogP contribution in [0.2, 0.25) is 0 Å². The van der Waals surface area contributed by atoms with Gasteiger partial charge in [-0.25, -0.2) is 14.6 Å². The molecule has 130 valence electrons. The van der Waals surface area contributed by atoms with Crippen molar-refractivity contribution < 1.29 is 18.3 Å². The highest BCUT2D eigenvalue weighted by molar-refractivity contribution is 5.54. The Morgan fingerprint density at radius 3 is 2.62 bits per heavy atom. The lowest BCUT2D eigenvalue weighted by molar-refractivity contribution is -0.109. The van der Waals surface area contributed by atoms with Gasteiger partial charge in [-0.3, -0.25) is 15.2 Å². The van der Waals surface area contributed by atoms with E-state index in [2.05, 4.69) is 16.1 Å². The molecule has 1 amide bonds. The molecule has 0 aliphatic carbocycles. The average molecular weight is 338 g/mol. The van der Waals surface area contributed by atoms with E-state index in [9.17, 15) is 8.78 Å². The van der Waals surface area contributed by atoms with Gasteiger partial charge in [0.05, 0.1) is 6.20 Å². The van der Waals surface area contributed by atoms with Gasteiger partial charge in [0.25, 0.3) is 6.43 Å². The summed E-state index contributed by atoms with van der Waals surface area (Å²) in [6.07, 6.45) is 1.12. The van der Waals surface area contributed by atoms with E-state index >= 15 is 0 Å². The summed E-state index contributed by atoms with van der Waals surface area (Å²) in [6, 6.07) is 6.58. The molecule has 0 fully saturated rings. The van der Waals surface area contributed by atoms with Gasteiger partial charge in [0.2, 0.25) is 6.41 Å². The summed E-state index contributed by atoms with van der Waals surface area (Å²) < 4.78 is 31.7. The highest BCUT2D eigenvalue weighted by Crippen LogP contribution is 2.29. The topological polar surface area (TPSA) is 89.3 Å². The molecule has 0 bridgehead atoms. The Bertz CT molecular complexity index is 654. The van der Waals surface area contributed by atoms with Crippen molar-refractivity contribution in [3.63, 3.8) is 0 Å². The van der Waals surface area contributed by atoms with Gasteiger partial charge in [-0.05, 0) is 24.6 Å². The van der Waals surface area contributed by atoms with Gasteiger partial charge in [-0.2, -0.15) is 0 Å². The van der Waals surface area contributed by atoms with Crippen LogP contribution in [0, 0.1) is 6.92 Å². The minimum absolute atomic E-state index is 0.0154. The Morgan fingerprint density at radius 2 is 2.08 bits per heavy atom. The van der Waals surface area contributed by atoms with E-state index in [1.165, 1.54) is 6.07 Å². The van der Waals surface area contributed by atoms with E-state index in [1.807, 2.05) is 13.0 Å². The largest absolute Gasteiger partial charge is 0.487 e. The van der Waals surface area contributed by atoms with Crippen LogP contribution < -0.4 is 21.3 Å². The average Bonchev–Trinajstić information content (AvgIpc) is 2.60. The fraction of sp³-hybridized carbons (Fsp3) is 0.250. The number of aryl methyl sites for hydroxylation is 1. The molecular formula is C16H20F2N4O2. The van der Waals surface area contributed by atoms with Gasteiger partial charge in [0, 0.05) is 30.1 Å². The standard InChI is InChI=1S/C15H16F2N2O.CH4N2O/c1-10-6-7-19-8-14(10)20-9-12-11(15(16)17)4-3-5-13(12)18-2;2-3-1-4/h3-8,15,18H,9H2,1-2H3;1H,2H2,(H,3,4). The Kier molecular flexibility index (Phi) is 8.14. The van der Waals surface area contributed by atoms with Gasteiger partial charge >= 0.3 is 0 Å². The lowest BCUT2D eigenvalue weighted by Crippen LogP contribution is -2.18. The Balaban J connectivity index is 0.000000648. The number of carbonyl (C=O) groups is 1. The number of anilines is 1. The summed E-state index contributed by atoms with van der Waals surface area (Å²) in [7, 11) is 1.70. The molecule has 0 unspecified atom stereocenters. The molecule has 8 heteroatoms. The van der Waals surface area contributed by atoms with E-state index in [1.54, 1.807) is 37.0 Å². The van der Waals surface area contributed by atoms with Crippen molar-refractivity contribution in [2.45, 2.75) is 20.0 Å². The fourth-order valence-electron chi connectivity index (χ4n) is 1.95. The predicted molar refractivity (Wildman–Crippen MR) is 87.6 cm³/mol. The SMILES string of the molecule is CNc1cccc(C(F)F)c1COc1cnccc1C.NNC=O. The second kappa shape index (κ2) is 10.1. The van der Waals surface area contributed by atoms with Crippen molar-refractivity contribution in [1.82, 2.24) is 10.4 Å². The third-order valence-corrected chi connectivity index (χ3v) is 3.15. The summed E-state index contributed by atoms with van der Waals surface area (Å²) in [5.74, 6) is 5.01. The predicted octanol–water partition coefficient (Wildman–Crippen LogP) is 2.55. The summed E-state index contributed by atoms with van der Waals surface area (Å²) in [4.78, 5) is 12.9. The van der Waals surface area contributed by atoms with Gasteiger partial charge < -0.3 is 10.1 Å². The molecule has 2 aromatic rings. The molecule has 0 saturated heterocycles. The Morgan fingerprint density at radius 1 is 1.38 bits per heavy atom. The van der Waals surface area contributed by atoms with Crippen molar-refractivity contribution in [1.29, 1.82) is 0 Å². The molecule has 2 rings (SSSR count). The van der Waals surface area contributed by atoms with Crippen molar-refractivity contribution in [2.75, 3.05) is 12.4 Å². The van der Waals surface area contributed by atoms with Crippen molar-refractivity contribution >= 4 is 12.1 Å². The summed E-state index contributed by atoms with van der Waals surface area (Å²) in [5.41, 5.74) is 3.76. The summed E-state index contributed by atoms with van der Waals surface area (Å²) >= 11 is 0. The lowest BCUT2D eigenvalue weighted by Gasteiger charge is -2.15. The van der Waals surface area contributed by atoms with E-state index in [0.29, 0.717) is 23.4 Å². The molecule has 0 aliphatic rings. The first-order chi connectivity index (χ1) is 11.5. The minimum atomic E-state index is -2.53. The molecule has 0 aliphatic heterocycles. The van der Waals surface area contributed by atoms with Crippen molar-refractivity contribution in [2.24, 2.45) is 5.84 Å². The van der Waals surface area contributed by atoms with Crippen molar-refractivity contribution in [3.8, 4) is 5.75 Å². The number of benzene rings is 1. The van der Waals surface area contributed by atoms with E-state index in [4.69, 9.17) is 9.53 Å². The third kappa shape index (κ3) is 5.47. The van der Waals surface area contributed by atoms with Gasteiger partial charge in [-0.15, -0.1) is 0 Å². The number of hydrogen-bond donors (Lipinski definition) is 3. The number of nitrogens with zero attached hydrogens (tertiary/aromatic N) is 1. The molecule has 1 aromatic carbocycles. The normalized spacial score (nSPS) is 9.75. The highest BCUT2D eigenvalue weighted by Gasteiger charge is 2.16. The maximum absolute atomic E-state index is 13.1. The van der Waals surface area contributed by atoms with Crippen LogP contribution >= 0.6 is 0 Å². The highest BCUT2D eigenvalue weighted by atomic mass is 19.3. The number of hydrogen-bond acceptors (Lipinski definition) is 5. The number of halogens is 2. The molecule has 4 N–H and O–H groups in total. The second-order valence-electron chi connectivity index (χ2n) is 4.64. The minimum Gasteiger partial charge on any atom is -0.487 e. The molecule has 0 saturated carbocycles. The number of nitrogens with one attached hydrogen (secondary N) is 2. The first-order valence-electron chi connectivity index (χ1n) is 7.06. The van der Waals surface area contributed by atoms with Crippen LogP contribution in [0.15, 0.2) is 36.7 Å². The Hall–Kier alpha value is -2.74. The van der Waals surface area contributed by atoms with Gasteiger partial charge in [0.15, 0.2) is 0 Å². The van der Waals surface area contributed by atoms with E-state index in [-0.39, 0.29) is 12.2 Å². The van der Waals surface area contributed by atoms with Crippen LogP contribution in [-0.4, -0.2) is 18.4 Å². The van der Waals surface area contributed by atoms with Crippen molar-refractivity contribution in [3.05, 3.63) is 53.3 Å². The maximum Gasteiger partial charge on any atom is 0.264 e. The van der Waals surface area contributed by atoms with Crippen LogP contribution in [0.3, 0.4) is 0 Å². The van der Waals surface area contributed by atoms with Crippen LogP contribution in [0.25, 0.3) is 0 Å². The smallest absolute Gasteiger partial charge is 0.264 e. The number of carbonyl (C=O) groups excluding carboxylic acids is 1. The molecule has 0 spiro atoms. The zero-order valence-electron chi connectivity index (χ0n) is 13.4. The molecule has 1 aromatic heterocycles. The molecule has 24 heavy (non-hydrogen) atoms. The molecule has 0 radical (unpaired) electrons. The quantitative estimate of drug-likeness (QED) is 0.326. The van der Waals surface area contributed by atoms with Crippen LogP contribution in [0.4, 0.5) is 14.5 Å². The maximum atomic E-state index is 13.1. The number of nitrogens with two attached hydrogens (primary N) is 1. The third-order valence-electron chi connectivity index (χ3n) is 3.15. The first kappa shape index (κ1) is 19.3. The zero-order chi connectivity index (χ0) is 17.9. The monoisotopic (exact) mass is 338 g/mol. The van der Waals surface area contributed by atoms with Gasteiger partial charge in [0.1, 0.15) is 12.4 Å². The molecule has 1 heterocycles. The number of ether oxygens (including phenoxy) is 1. The van der Waals surface area contributed by atoms with Gasteiger partial charge in [-0.1, -0.05) is 12.1 Å². The number of pyridine rings is 1. The fourth-order valence-corrected chi connectivity index (χ4v) is 1.95. The lowest BCUT2D eigenvalue weighted by atomic mass is 10.1. The van der Waals surface area contributed by atoms with E-state index < -0.39 is 6.43 Å². The van der Waals surface area contributed by atoms with Crippen LogP contribution in [0.5, 0.6) is 5.75 Å². The number of alkyl halides is 2. The molecule has 0 atom stereocenters. The van der Waals surface area contributed by atoms with E-state index in [0.717, 1.165) is 5.56 Å². The number of hydrazine groups is 1. The number of aromatic nitrogens is 1.